The molecule has 0 saturated carbocycles. The fraction of sp³-hybridized carbons (Fsp3) is 0.267. The van der Waals surface area contributed by atoms with Crippen LogP contribution in [0, 0.1) is 0 Å². The van der Waals surface area contributed by atoms with E-state index in [9.17, 15) is 0 Å². The lowest BCUT2D eigenvalue weighted by Crippen LogP contribution is -2.06. The Morgan fingerprint density at radius 3 is 2.72 bits per heavy atom. The van der Waals surface area contributed by atoms with Crippen LogP contribution in [0.2, 0.25) is 0 Å². The van der Waals surface area contributed by atoms with Gasteiger partial charge >= 0.3 is 0 Å². The summed E-state index contributed by atoms with van der Waals surface area (Å²) in [5.74, 6) is 0.874. The fourth-order valence-electron chi connectivity index (χ4n) is 1.72. The Balaban J connectivity index is 1.89. The van der Waals surface area contributed by atoms with Crippen LogP contribution in [0.4, 0.5) is 0 Å². The molecule has 1 atom stereocenters. The molecular weight excluding hydrogens is 224 g/mol. The Hall–Kier alpha value is -1.87. The van der Waals surface area contributed by atoms with Crippen LogP contribution in [0.5, 0.6) is 5.75 Å². The van der Waals surface area contributed by atoms with Gasteiger partial charge < -0.3 is 10.5 Å². The van der Waals surface area contributed by atoms with E-state index in [0.29, 0.717) is 6.61 Å². The van der Waals surface area contributed by atoms with Crippen LogP contribution in [0.3, 0.4) is 0 Å². The summed E-state index contributed by atoms with van der Waals surface area (Å²) in [6, 6.07) is 12.0. The van der Waals surface area contributed by atoms with E-state index in [1.807, 2.05) is 43.3 Å². The highest BCUT2D eigenvalue weighted by Crippen LogP contribution is 2.17. The molecular formula is C15H18N2O. The third-order valence-corrected chi connectivity index (χ3v) is 2.79. The summed E-state index contributed by atoms with van der Waals surface area (Å²) in [6.45, 7) is 2.63. The topological polar surface area (TPSA) is 48.1 Å². The standard InChI is InChI=1S/C15H18N2O/c1-12(16)14-3-2-4-15(11-14)18-10-7-13-5-8-17-9-6-13/h2-6,8-9,11-12H,7,10,16H2,1H3/t12-/m1/s1. The maximum atomic E-state index is 5.84. The Morgan fingerprint density at radius 1 is 1.22 bits per heavy atom. The van der Waals surface area contributed by atoms with Crippen LogP contribution in [0.1, 0.15) is 24.1 Å². The molecule has 3 heteroatoms. The Morgan fingerprint density at radius 2 is 2.00 bits per heavy atom. The molecule has 0 spiro atoms. The average molecular weight is 242 g/mol. The Kier molecular flexibility index (Phi) is 4.31. The highest BCUT2D eigenvalue weighted by atomic mass is 16.5. The van der Waals surface area contributed by atoms with Crippen LogP contribution >= 0.6 is 0 Å². The van der Waals surface area contributed by atoms with Crippen molar-refractivity contribution < 1.29 is 4.74 Å². The third-order valence-electron chi connectivity index (χ3n) is 2.79. The number of ether oxygens (including phenoxy) is 1. The van der Waals surface area contributed by atoms with E-state index in [-0.39, 0.29) is 6.04 Å². The number of benzene rings is 1. The van der Waals surface area contributed by atoms with Gasteiger partial charge in [-0.1, -0.05) is 12.1 Å². The molecule has 0 amide bonds. The molecule has 2 aromatic rings. The first kappa shape index (κ1) is 12.6. The molecule has 1 aromatic heterocycles. The Labute approximate surface area is 108 Å². The first-order valence-corrected chi connectivity index (χ1v) is 6.13. The molecule has 94 valence electrons. The normalized spacial score (nSPS) is 12.1. The van der Waals surface area contributed by atoms with Crippen LogP contribution in [-0.4, -0.2) is 11.6 Å². The number of nitrogens with zero attached hydrogens (tertiary/aromatic N) is 1. The van der Waals surface area contributed by atoms with Gasteiger partial charge in [0.05, 0.1) is 6.61 Å². The lowest BCUT2D eigenvalue weighted by molar-refractivity contribution is 0.321. The quantitative estimate of drug-likeness (QED) is 0.877. The van der Waals surface area contributed by atoms with Crippen molar-refractivity contribution in [2.24, 2.45) is 5.73 Å². The minimum atomic E-state index is 0.0359. The molecule has 2 rings (SSSR count). The summed E-state index contributed by atoms with van der Waals surface area (Å²) in [5, 5.41) is 0. The number of aromatic nitrogens is 1. The first-order valence-electron chi connectivity index (χ1n) is 6.13. The van der Waals surface area contributed by atoms with Crippen molar-refractivity contribution in [2.45, 2.75) is 19.4 Å². The van der Waals surface area contributed by atoms with Crippen molar-refractivity contribution >= 4 is 0 Å². The van der Waals surface area contributed by atoms with Gasteiger partial charge in [-0.3, -0.25) is 4.98 Å². The molecule has 2 N–H and O–H groups in total. The molecule has 0 aliphatic heterocycles. The van der Waals surface area contributed by atoms with Gasteiger partial charge in [-0.2, -0.15) is 0 Å². The molecule has 1 heterocycles. The minimum absolute atomic E-state index is 0.0359. The molecule has 0 aliphatic carbocycles. The highest BCUT2D eigenvalue weighted by Gasteiger charge is 2.01. The number of hydrogen-bond acceptors (Lipinski definition) is 3. The minimum Gasteiger partial charge on any atom is -0.493 e. The summed E-state index contributed by atoms with van der Waals surface area (Å²) in [5.41, 5.74) is 8.16. The molecule has 18 heavy (non-hydrogen) atoms. The second-order valence-corrected chi connectivity index (χ2v) is 4.32. The number of hydrogen-bond donors (Lipinski definition) is 1. The summed E-state index contributed by atoms with van der Waals surface area (Å²) in [4.78, 5) is 3.99. The van der Waals surface area contributed by atoms with E-state index >= 15 is 0 Å². The fourth-order valence-corrected chi connectivity index (χ4v) is 1.72. The van der Waals surface area contributed by atoms with Crippen LogP contribution < -0.4 is 10.5 Å². The van der Waals surface area contributed by atoms with Gasteiger partial charge in [0.15, 0.2) is 0 Å². The van der Waals surface area contributed by atoms with Crippen molar-refractivity contribution in [3.63, 3.8) is 0 Å². The maximum Gasteiger partial charge on any atom is 0.119 e. The summed E-state index contributed by atoms with van der Waals surface area (Å²) >= 11 is 0. The number of nitrogens with two attached hydrogens (primary N) is 1. The van der Waals surface area contributed by atoms with E-state index in [2.05, 4.69) is 4.98 Å². The average Bonchev–Trinajstić information content (AvgIpc) is 2.40. The monoisotopic (exact) mass is 242 g/mol. The molecule has 0 unspecified atom stereocenters. The summed E-state index contributed by atoms with van der Waals surface area (Å²) in [6.07, 6.45) is 4.48. The van der Waals surface area contributed by atoms with Crippen molar-refractivity contribution in [2.75, 3.05) is 6.61 Å². The van der Waals surface area contributed by atoms with E-state index in [4.69, 9.17) is 10.5 Å². The van der Waals surface area contributed by atoms with E-state index in [1.165, 1.54) is 5.56 Å². The van der Waals surface area contributed by atoms with Crippen molar-refractivity contribution in [3.8, 4) is 5.75 Å². The smallest absolute Gasteiger partial charge is 0.119 e. The van der Waals surface area contributed by atoms with Crippen molar-refractivity contribution in [3.05, 3.63) is 59.9 Å². The first-order chi connectivity index (χ1) is 8.75. The number of pyridine rings is 1. The predicted molar refractivity (Wildman–Crippen MR) is 72.5 cm³/mol. The zero-order chi connectivity index (χ0) is 12.8. The van der Waals surface area contributed by atoms with Crippen molar-refractivity contribution in [1.82, 2.24) is 4.98 Å². The summed E-state index contributed by atoms with van der Waals surface area (Å²) in [7, 11) is 0. The van der Waals surface area contributed by atoms with E-state index < -0.39 is 0 Å². The van der Waals surface area contributed by atoms with Crippen molar-refractivity contribution in [1.29, 1.82) is 0 Å². The van der Waals surface area contributed by atoms with Gasteiger partial charge in [-0.25, -0.2) is 0 Å². The molecule has 0 radical (unpaired) electrons. The second-order valence-electron chi connectivity index (χ2n) is 4.32. The predicted octanol–water partition coefficient (Wildman–Crippen LogP) is 2.72. The lowest BCUT2D eigenvalue weighted by atomic mass is 10.1. The maximum absolute atomic E-state index is 5.84. The number of rotatable bonds is 5. The molecule has 0 saturated heterocycles. The van der Waals surface area contributed by atoms with Gasteiger partial charge in [-0.15, -0.1) is 0 Å². The second kappa shape index (κ2) is 6.17. The van der Waals surface area contributed by atoms with Gasteiger partial charge in [0.1, 0.15) is 5.75 Å². The van der Waals surface area contributed by atoms with E-state index in [1.54, 1.807) is 12.4 Å². The zero-order valence-electron chi connectivity index (χ0n) is 10.5. The van der Waals surface area contributed by atoms with Gasteiger partial charge in [0.2, 0.25) is 0 Å². The highest BCUT2D eigenvalue weighted by molar-refractivity contribution is 5.30. The van der Waals surface area contributed by atoms with Crippen LogP contribution in [0.25, 0.3) is 0 Å². The molecule has 0 aliphatic rings. The molecule has 0 fully saturated rings. The third kappa shape index (κ3) is 3.57. The van der Waals surface area contributed by atoms with E-state index in [0.717, 1.165) is 17.7 Å². The van der Waals surface area contributed by atoms with Crippen LogP contribution in [0.15, 0.2) is 48.8 Å². The molecule has 3 nitrogen and oxygen atoms in total. The summed E-state index contributed by atoms with van der Waals surface area (Å²) < 4.78 is 5.72. The zero-order valence-corrected chi connectivity index (χ0v) is 10.5. The SMILES string of the molecule is C[C@@H](N)c1cccc(OCCc2ccncc2)c1. The van der Waals surface area contributed by atoms with Gasteiger partial charge in [0.25, 0.3) is 0 Å². The molecule has 0 bridgehead atoms. The Bertz CT molecular complexity index is 483. The van der Waals surface area contributed by atoms with Gasteiger partial charge in [-0.05, 0) is 42.3 Å². The van der Waals surface area contributed by atoms with Crippen LogP contribution in [-0.2, 0) is 6.42 Å². The largest absolute Gasteiger partial charge is 0.493 e. The van der Waals surface area contributed by atoms with Gasteiger partial charge in [0, 0.05) is 24.9 Å². The molecule has 1 aromatic carbocycles. The lowest BCUT2D eigenvalue weighted by Gasteiger charge is -2.10.